The Morgan fingerprint density at radius 2 is 2.14 bits per heavy atom. The number of hydrogen-bond donors (Lipinski definition) is 1. The van der Waals surface area contributed by atoms with Gasteiger partial charge in [-0.2, -0.15) is 5.10 Å². The summed E-state index contributed by atoms with van der Waals surface area (Å²) < 4.78 is 1.76. The van der Waals surface area contributed by atoms with Crippen LogP contribution in [-0.4, -0.2) is 14.8 Å². The van der Waals surface area contributed by atoms with Gasteiger partial charge in [0, 0.05) is 25.0 Å². The van der Waals surface area contributed by atoms with Gasteiger partial charge in [0.05, 0.1) is 17.6 Å². The van der Waals surface area contributed by atoms with E-state index in [0.717, 1.165) is 16.8 Å². The average Bonchev–Trinajstić information content (AvgIpc) is 2.48. The minimum atomic E-state index is 0.684. The molecular formula is C10H12N4. The first kappa shape index (κ1) is 8.74. The van der Waals surface area contributed by atoms with Gasteiger partial charge < -0.3 is 5.73 Å². The number of aryl methyl sites for hydroxylation is 2. The second-order valence-corrected chi connectivity index (χ2v) is 3.26. The monoisotopic (exact) mass is 188 g/mol. The van der Waals surface area contributed by atoms with Crippen molar-refractivity contribution in [1.29, 1.82) is 0 Å². The molecule has 0 radical (unpaired) electrons. The van der Waals surface area contributed by atoms with E-state index in [1.54, 1.807) is 17.1 Å². The summed E-state index contributed by atoms with van der Waals surface area (Å²) in [6.07, 6.45) is 5.23. The van der Waals surface area contributed by atoms with Crippen LogP contribution < -0.4 is 5.73 Å². The van der Waals surface area contributed by atoms with Crippen molar-refractivity contribution in [3.05, 3.63) is 30.2 Å². The predicted octanol–water partition coefficient (Wildman–Crippen LogP) is 1.37. The Kier molecular flexibility index (Phi) is 1.96. The SMILES string of the molecule is Cc1ccncc1-c1c(N)cnn1C. The summed E-state index contributed by atoms with van der Waals surface area (Å²) in [6.45, 7) is 2.03. The summed E-state index contributed by atoms with van der Waals surface area (Å²) >= 11 is 0. The number of nitrogens with two attached hydrogens (primary N) is 1. The summed E-state index contributed by atoms with van der Waals surface area (Å²) in [7, 11) is 1.87. The van der Waals surface area contributed by atoms with Gasteiger partial charge in [0.2, 0.25) is 0 Å². The van der Waals surface area contributed by atoms with Crippen LogP contribution >= 0.6 is 0 Å². The largest absolute Gasteiger partial charge is 0.396 e. The maximum atomic E-state index is 5.83. The number of nitrogen functional groups attached to an aromatic ring is 1. The van der Waals surface area contributed by atoms with Crippen molar-refractivity contribution in [3.63, 3.8) is 0 Å². The third-order valence-corrected chi connectivity index (χ3v) is 2.26. The normalized spacial score (nSPS) is 10.4. The van der Waals surface area contributed by atoms with Crippen molar-refractivity contribution in [2.24, 2.45) is 7.05 Å². The first-order valence-electron chi connectivity index (χ1n) is 4.38. The molecule has 0 fully saturated rings. The average molecular weight is 188 g/mol. The highest BCUT2D eigenvalue weighted by molar-refractivity contribution is 5.74. The molecule has 0 aromatic carbocycles. The predicted molar refractivity (Wildman–Crippen MR) is 55.6 cm³/mol. The van der Waals surface area contributed by atoms with E-state index in [-0.39, 0.29) is 0 Å². The van der Waals surface area contributed by atoms with Gasteiger partial charge in [-0.3, -0.25) is 9.67 Å². The van der Waals surface area contributed by atoms with Crippen molar-refractivity contribution >= 4 is 5.69 Å². The minimum absolute atomic E-state index is 0.684. The summed E-state index contributed by atoms with van der Waals surface area (Å²) in [5.74, 6) is 0. The van der Waals surface area contributed by atoms with Crippen molar-refractivity contribution in [2.45, 2.75) is 6.92 Å². The quantitative estimate of drug-likeness (QED) is 0.735. The van der Waals surface area contributed by atoms with Gasteiger partial charge >= 0.3 is 0 Å². The number of pyridine rings is 1. The molecule has 2 N–H and O–H groups in total. The van der Waals surface area contributed by atoms with E-state index in [9.17, 15) is 0 Å². The topological polar surface area (TPSA) is 56.7 Å². The van der Waals surface area contributed by atoms with Gasteiger partial charge in [0.15, 0.2) is 0 Å². The zero-order valence-electron chi connectivity index (χ0n) is 8.23. The molecule has 0 bridgehead atoms. The van der Waals surface area contributed by atoms with Crippen LogP contribution in [0.15, 0.2) is 24.7 Å². The maximum absolute atomic E-state index is 5.83. The van der Waals surface area contributed by atoms with Crippen LogP contribution in [0.5, 0.6) is 0 Å². The lowest BCUT2D eigenvalue weighted by Gasteiger charge is -2.05. The molecule has 72 valence electrons. The summed E-state index contributed by atoms with van der Waals surface area (Å²) in [4.78, 5) is 4.09. The van der Waals surface area contributed by atoms with E-state index in [1.165, 1.54) is 0 Å². The third-order valence-electron chi connectivity index (χ3n) is 2.26. The smallest absolute Gasteiger partial charge is 0.0926 e. The fourth-order valence-electron chi connectivity index (χ4n) is 1.50. The van der Waals surface area contributed by atoms with Crippen LogP contribution in [-0.2, 0) is 7.05 Å². The molecule has 0 aliphatic rings. The fraction of sp³-hybridized carbons (Fsp3) is 0.200. The lowest BCUT2D eigenvalue weighted by Crippen LogP contribution is -1.97. The Labute approximate surface area is 82.4 Å². The van der Waals surface area contributed by atoms with Crippen molar-refractivity contribution in [1.82, 2.24) is 14.8 Å². The second kappa shape index (κ2) is 3.14. The van der Waals surface area contributed by atoms with Crippen LogP contribution in [0.1, 0.15) is 5.56 Å². The van der Waals surface area contributed by atoms with Crippen LogP contribution in [0.3, 0.4) is 0 Å². The lowest BCUT2D eigenvalue weighted by atomic mass is 10.1. The molecule has 0 saturated heterocycles. The van der Waals surface area contributed by atoms with E-state index < -0.39 is 0 Å². The first-order chi connectivity index (χ1) is 6.70. The molecule has 0 spiro atoms. The highest BCUT2D eigenvalue weighted by atomic mass is 15.3. The van der Waals surface area contributed by atoms with Crippen LogP contribution in [0, 0.1) is 6.92 Å². The van der Waals surface area contributed by atoms with Crippen LogP contribution in [0.25, 0.3) is 11.3 Å². The van der Waals surface area contributed by atoms with Gasteiger partial charge in [-0.1, -0.05) is 0 Å². The molecule has 4 heteroatoms. The highest BCUT2D eigenvalue weighted by Crippen LogP contribution is 2.26. The number of rotatable bonds is 1. The standard InChI is InChI=1S/C10H12N4/c1-7-3-4-12-5-8(7)10-9(11)6-13-14(10)2/h3-6H,11H2,1-2H3. The molecule has 2 aromatic heterocycles. The van der Waals surface area contributed by atoms with Gasteiger partial charge in [0.1, 0.15) is 0 Å². The molecular weight excluding hydrogens is 176 g/mol. The molecule has 0 unspecified atom stereocenters. The Morgan fingerprint density at radius 3 is 2.71 bits per heavy atom. The zero-order valence-corrected chi connectivity index (χ0v) is 8.23. The number of aromatic nitrogens is 3. The molecule has 2 rings (SSSR count). The molecule has 0 aliphatic heterocycles. The first-order valence-corrected chi connectivity index (χ1v) is 4.38. The Bertz CT molecular complexity index is 439. The Hall–Kier alpha value is -1.84. The lowest BCUT2D eigenvalue weighted by molar-refractivity contribution is 0.775. The fourth-order valence-corrected chi connectivity index (χ4v) is 1.50. The molecule has 4 nitrogen and oxygen atoms in total. The maximum Gasteiger partial charge on any atom is 0.0926 e. The summed E-state index contributed by atoms with van der Waals surface area (Å²) in [5.41, 5.74) is 9.62. The van der Waals surface area contributed by atoms with Gasteiger partial charge in [-0.05, 0) is 18.6 Å². The molecule has 2 aromatic rings. The van der Waals surface area contributed by atoms with Gasteiger partial charge in [-0.25, -0.2) is 0 Å². The molecule has 0 saturated carbocycles. The van der Waals surface area contributed by atoms with E-state index in [2.05, 4.69) is 10.1 Å². The minimum Gasteiger partial charge on any atom is -0.396 e. The number of anilines is 1. The second-order valence-electron chi connectivity index (χ2n) is 3.26. The molecule has 2 heterocycles. The van der Waals surface area contributed by atoms with Gasteiger partial charge in [-0.15, -0.1) is 0 Å². The van der Waals surface area contributed by atoms with Gasteiger partial charge in [0.25, 0.3) is 0 Å². The van der Waals surface area contributed by atoms with Crippen molar-refractivity contribution < 1.29 is 0 Å². The zero-order chi connectivity index (χ0) is 10.1. The molecule has 0 atom stereocenters. The number of nitrogens with zero attached hydrogens (tertiary/aromatic N) is 3. The number of hydrogen-bond acceptors (Lipinski definition) is 3. The van der Waals surface area contributed by atoms with E-state index >= 15 is 0 Å². The Balaban J connectivity index is 2.66. The summed E-state index contributed by atoms with van der Waals surface area (Å²) in [6, 6.07) is 1.96. The van der Waals surface area contributed by atoms with E-state index in [1.807, 2.05) is 26.2 Å². The summed E-state index contributed by atoms with van der Waals surface area (Å²) in [5, 5.41) is 4.10. The molecule has 0 aliphatic carbocycles. The van der Waals surface area contributed by atoms with Crippen LogP contribution in [0.2, 0.25) is 0 Å². The highest BCUT2D eigenvalue weighted by Gasteiger charge is 2.10. The third kappa shape index (κ3) is 1.25. The van der Waals surface area contributed by atoms with E-state index in [4.69, 9.17) is 5.73 Å². The molecule has 14 heavy (non-hydrogen) atoms. The van der Waals surface area contributed by atoms with E-state index in [0.29, 0.717) is 5.69 Å². The van der Waals surface area contributed by atoms with Crippen molar-refractivity contribution in [2.75, 3.05) is 5.73 Å². The molecule has 0 amide bonds. The van der Waals surface area contributed by atoms with Crippen molar-refractivity contribution in [3.8, 4) is 11.3 Å². The Morgan fingerprint density at radius 1 is 1.36 bits per heavy atom. The van der Waals surface area contributed by atoms with Crippen LogP contribution in [0.4, 0.5) is 5.69 Å².